The number of aromatic nitrogens is 2. The molecule has 3 heterocycles. The molecule has 2 aromatic carbocycles. The molecule has 2 aliphatic heterocycles. The van der Waals surface area contributed by atoms with Crippen molar-refractivity contribution in [3.8, 4) is 11.1 Å². The number of carbonyl (C=O) groups excluding carboxylic acids is 3. The monoisotopic (exact) mass is 616 g/mol. The highest BCUT2D eigenvalue weighted by molar-refractivity contribution is 6.10. The summed E-state index contributed by atoms with van der Waals surface area (Å²) in [6, 6.07) is 8.43. The Kier molecular flexibility index (Phi) is 6.65. The topological polar surface area (TPSA) is 90.8 Å². The summed E-state index contributed by atoms with van der Waals surface area (Å²) in [6.45, 7) is -1.31. The Bertz CT molecular complexity index is 1660. The summed E-state index contributed by atoms with van der Waals surface area (Å²) in [5.41, 5.74) is -4.53. The first-order chi connectivity index (χ1) is 20.6. The van der Waals surface area contributed by atoms with E-state index in [1.165, 1.54) is 37.1 Å². The Hall–Kier alpha value is -4.33. The molecular weight excluding hydrogens is 587 g/mol. The van der Waals surface area contributed by atoms with Crippen LogP contribution in [0, 0.1) is 5.82 Å². The van der Waals surface area contributed by atoms with Crippen LogP contribution < -0.4 is 5.32 Å². The normalized spacial score (nSPS) is 24.4. The number of urea groups is 1. The van der Waals surface area contributed by atoms with Crippen molar-refractivity contribution in [1.29, 1.82) is 0 Å². The summed E-state index contributed by atoms with van der Waals surface area (Å²) in [7, 11) is 3.20. The number of imide groups is 1. The number of likely N-dealkylation sites (N-methyl/N-ethyl adjacent to an activating group) is 1. The average Bonchev–Trinajstić information content (AvgIpc) is 3.53. The Morgan fingerprint density at radius 3 is 2.32 bits per heavy atom. The molecule has 1 N–H and O–H groups in total. The number of nitrogens with zero attached hydrogens (tertiary/aromatic N) is 5. The van der Waals surface area contributed by atoms with Crippen molar-refractivity contribution in [2.75, 3.05) is 26.7 Å². The van der Waals surface area contributed by atoms with E-state index in [1.54, 1.807) is 36.3 Å². The SMILES string of the molecule is CN1CC(N(Cc2ccc(F)cc2)C(=O)CN2C(=O)N[C@]3(C[C@@](C)(F)c4cc(-c5cnn(C)c5)ccc43)C2=O)(C(F)(F)F)C1. The quantitative estimate of drug-likeness (QED) is 0.336. The first-order valence-corrected chi connectivity index (χ1v) is 13.8. The van der Waals surface area contributed by atoms with E-state index in [4.69, 9.17) is 0 Å². The zero-order chi connectivity index (χ0) is 31.8. The number of fused-ring (bicyclic) bond motifs is 2. The molecule has 232 valence electrons. The summed E-state index contributed by atoms with van der Waals surface area (Å²) in [5, 5.41) is 6.67. The van der Waals surface area contributed by atoms with Crippen LogP contribution in [0.3, 0.4) is 0 Å². The van der Waals surface area contributed by atoms with Gasteiger partial charge >= 0.3 is 12.2 Å². The first-order valence-electron chi connectivity index (χ1n) is 13.8. The lowest BCUT2D eigenvalue weighted by Crippen LogP contribution is -2.77. The minimum Gasteiger partial charge on any atom is -0.320 e. The van der Waals surface area contributed by atoms with Crippen molar-refractivity contribution in [3.05, 3.63) is 77.4 Å². The molecule has 3 aliphatic rings. The van der Waals surface area contributed by atoms with Crippen molar-refractivity contribution in [1.82, 2.24) is 29.8 Å². The highest BCUT2D eigenvalue weighted by Crippen LogP contribution is 2.53. The Balaban J connectivity index is 1.32. The minimum atomic E-state index is -4.85. The van der Waals surface area contributed by atoms with Gasteiger partial charge in [-0.25, -0.2) is 13.6 Å². The molecule has 4 amide bonds. The van der Waals surface area contributed by atoms with E-state index in [-0.39, 0.29) is 16.7 Å². The largest absolute Gasteiger partial charge is 0.414 e. The highest BCUT2D eigenvalue weighted by Gasteiger charge is 2.66. The zero-order valence-corrected chi connectivity index (χ0v) is 24.1. The summed E-state index contributed by atoms with van der Waals surface area (Å²) < 4.78 is 74.8. The molecule has 1 spiro atoms. The maximum atomic E-state index is 16.1. The van der Waals surface area contributed by atoms with E-state index in [0.29, 0.717) is 20.9 Å². The number of likely N-dealkylation sites (tertiary alicyclic amines) is 1. The number of halogens is 5. The number of benzene rings is 2. The number of hydrogen-bond donors (Lipinski definition) is 1. The van der Waals surface area contributed by atoms with Crippen LogP contribution in [0.2, 0.25) is 0 Å². The predicted molar refractivity (Wildman–Crippen MR) is 147 cm³/mol. The van der Waals surface area contributed by atoms with Gasteiger partial charge in [-0.3, -0.25) is 19.2 Å². The van der Waals surface area contributed by atoms with E-state index in [2.05, 4.69) is 10.4 Å². The van der Waals surface area contributed by atoms with Crippen LogP contribution in [-0.4, -0.2) is 80.7 Å². The van der Waals surface area contributed by atoms with Crippen LogP contribution in [-0.2, 0) is 34.4 Å². The fourth-order valence-corrected chi connectivity index (χ4v) is 6.68. The van der Waals surface area contributed by atoms with Gasteiger partial charge in [-0.2, -0.15) is 18.3 Å². The molecular formula is C30H29F5N6O3. The van der Waals surface area contributed by atoms with E-state index < -0.39 is 79.2 Å². The van der Waals surface area contributed by atoms with Crippen molar-refractivity contribution in [3.63, 3.8) is 0 Å². The van der Waals surface area contributed by atoms with Crippen LogP contribution in [0.15, 0.2) is 54.9 Å². The molecule has 0 bridgehead atoms. The van der Waals surface area contributed by atoms with Crippen molar-refractivity contribution in [2.45, 2.75) is 42.8 Å². The van der Waals surface area contributed by atoms with Crippen molar-refractivity contribution < 1.29 is 36.3 Å². The van der Waals surface area contributed by atoms with Crippen LogP contribution >= 0.6 is 0 Å². The van der Waals surface area contributed by atoms with Gasteiger partial charge in [-0.15, -0.1) is 0 Å². The smallest absolute Gasteiger partial charge is 0.320 e. The number of carbonyl (C=O) groups is 3. The highest BCUT2D eigenvalue weighted by atomic mass is 19.4. The van der Waals surface area contributed by atoms with Gasteiger partial charge in [0.25, 0.3) is 5.91 Å². The number of aryl methyl sites for hydroxylation is 1. The summed E-state index contributed by atoms with van der Waals surface area (Å²) in [4.78, 5) is 43.4. The zero-order valence-electron chi connectivity index (χ0n) is 24.1. The molecule has 1 aromatic heterocycles. The lowest BCUT2D eigenvalue weighted by molar-refractivity contribution is -0.268. The van der Waals surface area contributed by atoms with Crippen LogP contribution in [0.4, 0.5) is 26.7 Å². The maximum Gasteiger partial charge on any atom is 0.414 e. The molecule has 0 radical (unpaired) electrons. The molecule has 0 saturated carbocycles. The molecule has 1 aliphatic carbocycles. The van der Waals surface area contributed by atoms with Gasteiger partial charge in [0.2, 0.25) is 5.91 Å². The van der Waals surface area contributed by atoms with Gasteiger partial charge in [0.05, 0.1) is 6.20 Å². The fourth-order valence-electron chi connectivity index (χ4n) is 6.68. The van der Waals surface area contributed by atoms with E-state index >= 15 is 4.39 Å². The summed E-state index contributed by atoms with van der Waals surface area (Å²) >= 11 is 0. The predicted octanol–water partition coefficient (Wildman–Crippen LogP) is 3.84. The molecule has 44 heavy (non-hydrogen) atoms. The van der Waals surface area contributed by atoms with E-state index in [9.17, 15) is 31.9 Å². The van der Waals surface area contributed by atoms with Crippen molar-refractivity contribution >= 4 is 17.8 Å². The molecule has 3 aromatic rings. The Morgan fingerprint density at radius 2 is 1.73 bits per heavy atom. The van der Waals surface area contributed by atoms with Gasteiger partial charge in [0.15, 0.2) is 11.1 Å². The van der Waals surface area contributed by atoms with Crippen molar-refractivity contribution in [2.24, 2.45) is 7.05 Å². The third-order valence-corrected chi connectivity index (χ3v) is 8.81. The van der Waals surface area contributed by atoms with Gasteiger partial charge in [0, 0.05) is 44.9 Å². The Morgan fingerprint density at radius 1 is 1.05 bits per heavy atom. The number of rotatable bonds is 6. The second-order valence-corrected chi connectivity index (χ2v) is 12.1. The van der Waals surface area contributed by atoms with Gasteiger partial charge in [-0.1, -0.05) is 24.3 Å². The van der Waals surface area contributed by atoms with Gasteiger partial charge in [0.1, 0.15) is 18.0 Å². The number of amides is 4. The minimum absolute atomic E-state index is 0.173. The third kappa shape index (κ3) is 4.54. The summed E-state index contributed by atoms with van der Waals surface area (Å²) in [6.07, 6.45) is -1.97. The molecule has 14 heteroatoms. The molecule has 6 rings (SSSR count). The van der Waals surface area contributed by atoms with E-state index in [1.807, 2.05) is 0 Å². The number of nitrogens with one attached hydrogen (secondary N) is 1. The van der Waals surface area contributed by atoms with Crippen LogP contribution in [0.5, 0.6) is 0 Å². The lowest BCUT2D eigenvalue weighted by atomic mass is 9.86. The second kappa shape index (κ2) is 9.84. The molecule has 2 fully saturated rings. The lowest BCUT2D eigenvalue weighted by Gasteiger charge is -2.55. The third-order valence-electron chi connectivity index (χ3n) is 8.81. The maximum absolute atomic E-state index is 16.1. The second-order valence-electron chi connectivity index (χ2n) is 12.1. The number of alkyl halides is 4. The number of hydrogen-bond acceptors (Lipinski definition) is 5. The average molecular weight is 617 g/mol. The standard InChI is InChI=1S/C30H29F5N6O3/c1-27(32)15-29(22-9-6-19(10-23(22)27)20-11-36-39(3)13-20)25(43)40(26(44)37-29)14-24(42)41(12-18-4-7-21(31)8-5-18)28(30(33,34)35)16-38(2)17-28/h4-11,13H,12,14-17H2,1-3H3,(H,37,44)/t27-,29+/m1/s1. The Labute approximate surface area is 249 Å². The molecule has 2 atom stereocenters. The first kappa shape index (κ1) is 29.7. The van der Waals surface area contributed by atoms with Gasteiger partial charge in [-0.05, 0) is 54.4 Å². The molecule has 9 nitrogen and oxygen atoms in total. The molecule has 2 saturated heterocycles. The van der Waals surface area contributed by atoms with E-state index in [0.717, 1.165) is 12.1 Å². The summed E-state index contributed by atoms with van der Waals surface area (Å²) in [5.74, 6) is -2.66. The van der Waals surface area contributed by atoms with Gasteiger partial charge < -0.3 is 15.1 Å². The molecule has 0 unspecified atom stereocenters. The van der Waals surface area contributed by atoms with Crippen LogP contribution in [0.1, 0.15) is 30.0 Å². The van der Waals surface area contributed by atoms with Crippen LogP contribution in [0.25, 0.3) is 11.1 Å². The fraction of sp³-hybridized carbons (Fsp3) is 0.400.